The van der Waals surface area contributed by atoms with Crippen molar-refractivity contribution in [3.05, 3.63) is 64.6 Å². The molecule has 4 nitrogen and oxygen atoms in total. The number of hydrogen-bond acceptors (Lipinski definition) is 3. The Morgan fingerprint density at radius 1 is 1.25 bits per heavy atom. The lowest BCUT2D eigenvalue weighted by Crippen LogP contribution is -2.27. The van der Waals surface area contributed by atoms with Crippen LogP contribution >= 0.6 is 11.6 Å². The van der Waals surface area contributed by atoms with Gasteiger partial charge < -0.3 is 14.6 Å². The molecule has 1 atom stereocenters. The number of nitrogens with zero attached hydrogens (tertiary/aromatic N) is 3. The molecule has 4 rings (SSSR count). The SMILES string of the molecule is CN1CCc2c(c3cc(Cl)ccc3n2CC(O)c2ccncc2)C1. The van der Waals surface area contributed by atoms with Gasteiger partial charge in [0.15, 0.2) is 0 Å². The predicted molar refractivity (Wildman–Crippen MR) is 96.2 cm³/mol. The first-order valence-corrected chi connectivity index (χ1v) is 8.57. The second kappa shape index (κ2) is 6.20. The van der Waals surface area contributed by atoms with Crippen LogP contribution in [0.1, 0.15) is 22.9 Å². The van der Waals surface area contributed by atoms with E-state index in [4.69, 9.17) is 11.6 Å². The summed E-state index contributed by atoms with van der Waals surface area (Å²) in [5, 5.41) is 12.6. The number of pyridine rings is 1. The molecule has 24 heavy (non-hydrogen) atoms. The molecule has 2 aromatic heterocycles. The molecule has 0 spiro atoms. The van der Waals surface area contributed by atoms with E-state index in [1.165, 1.54) is 16.6 Å². The van der Waals surface area contributed by atoms with Crippen LogP contribution in [-0.2, 0) is 19.5 Å². The zero-order valence-corrected chi connectivity index (χ0v) is 14.4. The quantitative estimate of drug-likeness (QED) is 0.793. The summed E-state index contributed by atoms with van der Waals surface area (Å²) in [6.07, 6.45) is 3.87. The zero-order valence-electron chi connectivity index (χ0n) is 13.6. The fourth-order valence-corrected chi connectivity index (χ4v) is 3.80. The van der Waals surface area contributed by atoms with Crippen LogP contribution in [0.4, 0.5) is 0 Å². The fraction of sp³-hybridized carbons (Fsp3) is 0.316. The number of halogens is 1. The van der Waals surface area contributed by atoms with Gasteiger partial charge in [0.25, 0.3) is 0 Å². The van der Waals surface area contributed by atoms with E-state index in [2.05, 4.69) is 27.6 Å². The number of benzene rings is 1. The van der Waals surface area contributed by atoms with E-state index < -0.39 is 6.10 Å². The van der Waals surface area contributed by atoms with Gasteiger partial charge in [0, 0.05) is 53.5 Å². The summed E-state index contributed by atoms with van der Waals surface area (Å²) in [6.45, 7) is 2.49. The van der Waals surface area contributed by atoms with E-state index in [9.17, 15) is 5.11 Å². The van der Waals surface area contributed by atoms with Gasteiger partial charge in [-0.3, -0.25) is 4.98 Å². The minimum absolute atomic E-state index is 0.543. The molecular formula is C19H20ClN3O. The van der Waals surface area contributed by atoms with Crippen molar-refractivity contribution < 1.29 is 5.11 Å². The maximum atomic E-state index is 10.7. The molecule has 0 fully saturated rings. The van der Waals surface area contributed by atoms with Crippen LogP contribution in [0.25, 0.3) is 10.9 Å². The van der Waals surface area contributed by atoms with Gasteiger partial charge in [-0.25, -0.2) is 0 Å². The second-order valence-electron chi connectivity index (χ2n) is 6.48. The lowest BCUT2D eigenvalue weighted by Gasteiger charge is -2.25. The summed E-state index contributed by atoms with van der Waals surface area (Å²) < 4.78 is 2.26. The molecule has 5 heteroatoms. The van der Waals surface area contributed by atoms with Crippen LogP contribution in [0.15, 0.2) is 42.7 Å². The Bertz CT molecular complexity index is 875. The number of rotatable bonds is 3. The van der Waals surface area contributed by atoms with Crippen LogP contribution in [0.5, 0.6) is 0 Å². The third-order valence-electron chi connectivity index (χ3n) is 4.85. The Hall–Kier alpha value is -1.88. The van der Waals surface area contributed by atoms with Crippen molar-refractivity contribution in [3.8, 4) is 0 Å². The average Bonchev–Trinajstić information content (AvgIpc) is 2.88. The summed E-state index contributed by atoms with van der Waals surface area (Å²) >= 11 is 6.23. The second-order valence-corrected chi connectivity index (χ2v) is 6.92. The highest BCUT2D eigenvalue weighted by molar-refractivity contribution is 6.31. The Labute approximate surface area is 146 Å². The van der Waals surface area contributed by atoms with Crippen molar-refractivity contribution in [3.63, 3.8) is 0 Å². The van der Waals surface area contributed by atoms with Crippen molar-refractivity contribution in [2.75, 3.05) is 13.6 Å². The molecule has 3 aromatic rings. The summed E-state index contributed by atoms with van der Waals surface area (Å²) in [6, 6.07) is 9.77. The van der Waals surface area contributed by atoms with Crippen molar-refractivity contribution in [2.45, 2.75) is 25.6 Å². The van der Waals surface area contributed by atoms with Gasteiger partial charge in [-0.15, -0.1) is 0 Å². The molecule has 1 unspecified atom stereocenters. The highest BCUT2D eigenvalue weighted by Crippen LogP contribution is 2.33. The van der Waals surface area contributed by atoms with E-state index in [0.717, 1.165) is 35.6 Å². The molecule has 1 N–H and O–H groups in total. The van der Waals surface area contributed by atoms with Crippen molar-refractivity contribution >= 4 is 22.5 Å². The Kier molecular flexibility index (Phi) is 4.04. The lowest BCUT2D eigenvalue weighted by atomic mass is 10.0. The largest absolute Gasteiger partial charge is 0.387 e. The molecule has 1 aromatic carbocycles. The number of hydrogen-bond donors (Lipinski definition) is 1. The first kappa shape index (κ1) is 15.6. The first-order chi connectivity index (χ1) is 11.6. The number of fused-ring (bicyclic) bond motifs is 3. The molecule has 0 aliphatic carbocycles. The van der Waals surface area contributed by atoms with E-state index in [1.807, 2.05) is 24.3 Å². The maximum Gasteiger partial charge on any atom is 0.0970 e. The van der Waals surface area contributed by atoms with Gasteiger partial charge in [-0.05, 0) is 48.5 Å². The van der Waals surface area contributed by atoms with Crippen molar-refractivity contribution in [1.82, 2.24) is 14.5 Å². The normalized spacial score (nSPS) is 16.3. The monoisotopic (exact) mass is 341 g/mol. The standard InChI is InChI=1S/C19H20ClN3O/c1-22-9-6-18-16(11-22)15-10-14(20)2-3-17(15)23(18)12-19(24)13-4-7-21-8-5-13/h2-5,7-8,10,19,24H,6,9,11-12H2,1H3. The molecule has 1 aliphatic heterocycles. The molecule has 124 valence electrons. The average molecular weight is 342 g/mol. The molecule has 1 aliphatic rings. The van der Waals surface area contributed by atoms with Crippen molar-refractivity contribution in [2.24, 2.45) is 0 Å². The van der Waals surface area contributed by atoms with Gasteiger partial charge in [0.1, 0.15) is 0 Å². The fourth-order valence-electron chi connectivity index (χ4n) is 3.63. The predicted octanol–water partition coefficient (Wildman–Crippen LogP) is 3.41. The van der Waals surface area contributed by atoms with Crippen LogP contribution in [0, 0.1) is 0 Å². The van der Waals surface area contributed by atoms with E-state index >= 15 is 0 Å². The molecule has 0 saturated heterocycles. The van der Waals surface area contributed by atoms with E-state index in [0.29, 0.717) is 6.54 Å². The smallest absolute Gasteiger partial charge is 0.0970 e. The number of aliphatic hydroxyl groups is 1. The number of aliphatic hydroxyl groups excluding tert-OH is 1. The minimum atomic E-state index is -0.553. The molecule has 3 heterocycles. The molecule has 0 bridgehead atoms. The van der Waals surface area contributed by atoms with Crippen LogP contribution < -0.4 is 0 Å². The van der Waals surface area contributed by atoms with Crippen LogP contribution in [0.3, 0.4) is 0 Å². The van der Waals surface area contributed by atoms with Crippen molar-refractivity contribution in [1.29, 1.82) is 0 Å². The Morgan fingerprint density at radius 3 is 2.83 bits per heavy atom. The summed E-state index contributed by atoms with van der Waals surface area (Å²) in [4.78, 5) is 6.35. The summed E-state index contributed by atoms with van der Waals surface area (Å²) in [7, 11) is 2.14. The van der Waals surface area contributed by atoms with E-state index in [-0.39, 0.29) is 0 Å². The molecular weight excluding hydrogens is 322 g/mol. The van der Waals surface area contributed by atoms with Crippen LogP contribution in [0.2, 0.25) is 5.02 Å². The highest BCUT2D eigenvalue weighted by Gasteiger charge is 2.23. The Morgan fingerprint density at radius 2 is 2.04 bits per heavy atom. The van der Waals surface area contributed by atoms with Gasteiger partial charge in [0.2, 0.25) is 0 Å². The maximum absolute atomic E-state index is 10.7. The molecule has 0 amide bonds. The number of likely N-dealkylation sites (N-methyl/N-ethyl adjacent to an activating group) is 1. The van der Waals surface area contributed by atoms with Crippen LogP contribution in [-0.4, -0.2) is 33.1 Å². The first-order valence-electron chi connectivity index (χ1n) is 8.19. The number of aromatic nitrogens is 2. The topological polar surface area (TPSA) is 41.3 Å². The van der Waals surface area contributed by atoms with Gasteiger partial charge in [-0.1, -0.05) is 11.6 Å². The van der Waals surface area contributed by atoms with E-state index in [1.54, 1.807) is 12.4 Å². The van der Waals surface area contributed by atoms with Gasteiger partial charge in [0.05, 0.1) is 12.6 Å². The van der Waals surface area contributed by atoms with Gasteiger partial charge >= 0.3 is 0 Å². The zero-order chi connectivity index (χ0) is 16.7. The third kappa shape index (κ3) is 2.71. The molecule has 0 saturated carbocycles. The minimum Gasteiger partial charge on any atom is -0.387 e. The lowest BCUT2D eigenvalue weighted by molar-refractivity contribution is 0.156. The molecule has 0 radical (unpaired) electrons. The summed E-state index contributed by atoms with van der Waals surface area (Å²) in [5.41, 5.74) is 4.69. The summed E-state index contributed by atoms with van der Waals surface area (Å²) in [5.74, 6) is 0. The third-order valence-corrected chi connectivity index (χ3v) is 5.09. The highest BCUT2D eigenvalue weighted by atomic mass is 35.5. The van der Waals surface area contributed by atoms with Gasteiger partial charge in [-0.2, -0.15) is 0 Å². The Balaban J connectivity index is 1.80.